The minimum atomic E-state index is -0.210. The highest BCUT2D eigenvalue weighted by molar-refractivity contribution is 5.53. The van der Waals surface area contributed by atoms with Gasteiger partial charge in [0.15, 0.2) is 0 Å². The van der Waals surface area contributed by atoms with E-state index in [1.54, 1.807) is 0 Å². The molecule has 7 heteroatoms. The molecule has 4 bridgehead atoms. The molecular formula is C43H64N4O3. The number of hydrogen-bond acceptors (Lipinski definition) is 7. The molecule has 50 heavy (non-hydrogen) atoms. The third kappa shape index (κ3) is 8.17. The van der Waals surface area contributed by atoms with Crippen LogP contribution in [0.4, 0.5) is 0 Å². The van der Waals surface area contributed by atoms with Gasteiger partial charge in [-0.05, 0) is 118 Å². The van der Waals surface area contributed by atoms with Gasteiger partial charge in [-0.3, -0.25) is 19.6 Å². The predicted molar refractivity (Wildman–Crippen MR) is 206 cm³/mol. The lowest BCUT2D eigenvalue weighted by molar-refractivity contribution is -0.194. The summed E-state index contributed by atoms with van der Waals surface area (Å²) in [6.07, 6.45) is 0.847. The zero-order valence-corrected chi connectivity index (χ0v) is 33.2. The van der Waals surface area contributed by atoms with Crippen LogP contribution in [0.25, 0.3) is 0 Å². The average Bonchev–Trinajstić information content (AvgIpc) is 2.94. The fourth-order valence-corrected chi connectivity index (χ4v) is 8.35. The summed E-state index contributed by atoms with van der Waals surface area (Å²) in [7, 11) is 0. The van der Waals surface area contributed by atoms with Crippen molar-refractivity contribution in [1.82, 2.24) is 19.6 Å². The lowest BCUT2D eigenvalue weighted by atomic mass is 9.74. The molecule has 0 spiro atoms. The Labute approximate surface area is 302 Å². The Morgan fingerprint density at radius 3 is 1.02 bits per heavy atom. The maximum atomic E-state index is 10.9. The maximum Gasteiger partial charge on any atom is 0.119 e. The fraction of sp³-hybridized carbons (Fsp3) is 0.581. The van der Waals surface area contributed by atoms with E-state index in [0.717, 1.165) is 39.8 Å². The minimum Gasteiger partial charge on any atom is -0.508 e. The Morgan fingerprint density at radius 1 is 0.480 bits per heavy atom. The highest BCUT2D eigenvalue weighted by atomic mass is 16.3. The monoisotopic (exact) mass is 684 g/mol. The van der Waals surface area contributed by atoms with E-state index in [1.807, 2.05) is 18.2 Å². The van der Waals surface area contributed by atoms with Crippen LogP contribution in [-0.2, 0) is 16.2 Å². The molecule has 4 saturated heterocycles. The molecule has 7 rings (SSSR count). The molecule has 0 aromatic heterocycles. The zero-order chi connectivity index (χ0) is 37.1. The molecule has 7 nitrogen and oxygen atoms in total. The molecule has 0 aliphatic carbocycles. The molecule has 4 aliphatic rings. The van der Waals surface area contributed by atoms with Crippen LogP contribution in [0.2, 0.25) is 0 Å². The third-order valence-electron chi connectivity index (χ3n) is 10.8. The summed E-state index contributed by atoms with van der Waals surface area (Å²) in [5.74, 6) is 1.27. The molecule has 3 aromatic carbocycles. The highest BCUT2D eigenvalue weighted by Crippen LogP contribution is 2.45. The summed E-state index contributed by atoms with van der Waals surface area (Å²) < 4.78 is 0. The lowest BCUT2D eigenvalue weighted by Gasteiger charge is -2.56. The summed E-state index contributed by atoms with van der Waals surface area (Å²) >= 11 is 0. The quantitative estimate of drug-likeness (QED) is 0.248. The molecule has 4 fully saturated rings. The van der Waals surface area contributed by atoms with Crippen molar-refractivity contribution in [1.29, 1.82) is 0 Å². The topological polar surface area (TPSA) is 73.7 Å². The van der Waals surface area contributed by atoms with Gasteiger partial charge in [-0.1, -0.05) is 87.4 Å². The van der Waals surface area contributed by atoms with Gasteiger partial charge in [-0.25, -0.2) is 0 Å². The summed E-state index contributed by atoms with van der Waals surface area (Å²) in [5, 5.41) is 32.6. The summed E-state index contributed by atoms with van der Waals surface area (Å²) in [6, 6.07) is 12.3. The molecule has 4 heterocycles. The van der Waals surface area contributed by atoms with E-state index >= 15 is 0 Å². The summed E-state index contributed by atoms with van der Waals surface area (Å²) in [6.45, 7) is 34.9. The zero-order valence-electron chi connectivity index (χ0n) is 33.2. The van der Waals surface area contributed by atoms with Crippen LogP contribution in [0, 0.1) is 20.8 Å². The van der Waals surface area contributed by atoms with Gasteiger partial charge in [-0.2, -0.15) is 0 Å². The van der Waals surface area contributed by atoms with Crippen molar-refractivity contribution in [3.63, 3.8) is 0 Å². The largest absolute Gasteiger partial charge is 0.508 e. The van der Waals surface area contributed by atoms with E-state index in [9.17, 15) is 15.3 Å². The number of benzene rings is 3. The number of phenols is 3. The summed E-state index contributed by atoms with van der Waals surface area (Å²) in [5.41, 5.74) is 9.11. The van der Waals surface area contributed by atoms with Crippen LogP contribution in [-0.4, -0.2) is 74.9 Å². The SMILES string of the molecule is C1N2CN3CN1CN(C2)C3.Cc1cc(O)c(C(C)(C)C)cc1C(C[C@@H](C)c1cc(C(C)(C)C)c(O)cc1C)c1cc(C(C)(C)C)c(O)cc1C. The average molecular weight is 685 g/mol. The second kappa shape index (κ2) is 13.8. The van der Waals surface area contributed by atoms with E-state index in [4.69, 9.17) is 0 Å². The van der Waals surface area contributed by atoms with Crippen molar-refractivity contribution < 1.29 is 15.3 Å². The molecule has 1 atom stereocenters. The number of aryl methyl sites for hydroxylation is 3. The molecule has 4 aliphatic heterocycles. The first-order valence-electron chi connectivity index (χ1n) is 18.4. The molecular weight excluding hydrogens is 620 g/mol. The highest BCUT2D eigenvalue weighted by Gasteiger charge is 2.36. The second-order valence-electron chi connectivity index (χ2n) is 18.6. The van der Waals surface area contributed by atoms with Gasteiger partial charge >= 0.3 is 0 Å². The van der Waals surface area contributed by atoms with Crippen molar-refractivity contribution in [3.05, 3.63) is 86.5 Å². The molecule has 3 N–H and O–H groups in total. The van der Waals surface area contributed by atoms with E-state index < -0.39 is 0 Å². The maximum absolute atomic E-state index is 10.9. The number of aromatic hydroxyl groups is 3. The van der Waals surface area contributed by atoms with Gasteiger partial charge in [0, 0.05) is 5.92 Å². The van der Waals surface area contributed by atoms with Crippen LogP contribution >= 0.6 is 0 Å². The van der Waals surface area contributed by atoms with Gasteiger partial charge in [0.25, 0.3) is 0 Å². The van der Waals surface area contributed by atoms with E-state index in [1.165, 1.54) is 56.7 Å². The molecule has 0 unspecified atom stereocenters. The van der Waals surface area contributed by atoms with Crippen molar-refractivity contribution in [2.45, 2.75) is 125 Å². The first kappa shape index (κ1) is 38.1. The molecule has 3 aromatic rings. The van der Waals surface area contributed by atoms with Crippen molar-refractivity contribution in [3.8, 4) is 17.2 Å². The lowest BCUT2D eigenvalue weighted by Crippen LogP contribution is -2.71. The van der Waals surface area contributed by atoms with Crippen LogP contribution in [0.1, 0.15) is 138 Å². The van der Waals surface area contributed by atoms with Crippen LogP contribution in [0.5, 0.6) is 17.2 Å². The third-order valence-corrected chi connectivity index (χ3v) is 10.8. The summed E-state index contributed by atoms with van der Waals surface area (Å²) in [4.78, 5) is 9.88. The van der Waals surface area contributed by atoms with Crippen molar-refractivity contribution >= 4 is 0 Å². The normalized spacial score (nSPS) is 22.4. The van der Waals surface area contributed by atoms with Gasteiger partial charge in [-0.15, -0.1) is 0 Å². The molecule has 0 radical (unpaired) electrons. The first-order chi connectivity index (χ1) is 23.0. The standard InChI is InChI=1S/C37H52O3.C6H12N4/c1-21(25-18-29(35(5,6)7)32(38)15-22(25)2)14-28(26-19-30(36(8,9)10)33(39)16-23(26)3)27-20-31(37(11,12)13)34(40)17-24(27)4;1-7-2-9-4-8(1)5-10(3-7)6-9/h15-21,28,38-40H,14H2,1-13H3;1-6H2/t21-;/m1./s1. The Bertz CT molecular complexity index is 1580. The van der Waals surface area contributed by atoms with Crippen molar-refractivity contribution in [2.24, 2.45) is 0 Å². The van der Waals surface area contributed by atoms with Crippen LogP contribution < -0.4 is 0 Å². The smallest absolute Gasteiger partial charge is 0.119 e. The second-order valence-corrected chi connectivity index (χ2v) is 18.6. The van der Waals surface area contributed by atoms with Crippen molar-refractivity contribution in [2.75, 3.05) is 40.0 Å². The van der Waals surface area contributed by atoms with Gasteiger partial charge < -0.3 is 15.3 Å². The molecule has 0 amide bonds. The van der Waals surface area contributed by atoms with Gasteiger partial charge in [0.05, 0.1) is 40.0 Å². The molecule has 0 saturated carbocycles. The first-order valence-corrected chi connectivity index (χ1v) is 18.4. The number of nitrogens with zero attached hydrogens (tertiary/aromatic N) is 4. The van der Waals surface area contributed by atoms with Gasteiger partial charge in [0.2, 0.25) is 0 Å². The van der Waals surface area contributed by atoms with Gasteiger partial charge in [0.1, 0.15) is 17.2 Å². The van der Waals surface area contributed by atoms with E-state index in [2.05, 4.69) is 128 Å². The minimum absolute atomic E-state index is 0.0460. The number of phenolic OH excluding ortho intramolecular Hbond substituents is 3. The Kier molecular flexibility index (Phi) is 10.5. The number of rotatable bonds is 5. The fourth-order valence-electron chi connectivity index (χ4n) is 8.35. The van der Waals surface area contributed by atoms with E-state index in [-0.39, 0.29) is 28.1 Å². The Morgan fingerprint density at radius 2 is 0.740 bits per heavy atom. The Balaban J connectivity index is 0.000000405. The predicted octanol–water partition coefficient (Wildman–Crippen LogP) is 8.93. The van der Waals surface area contributed by atoms with E-state index in [0.29, 0.717) is 17.2 Å². The van der Waals surface area contributed by atoms with Crippen LogP contribution in [0.3, 0.4) is 0 Å². The Hall–Kier alpha value is -3.10. The molecule has 274 valence electrons. The van der Waals surface area contributed by atoms with Crippen LogP contribution in [0.15, 0.2) is 36.4 Å². The number of hydrogen-bond donors (Lipinski definition) is 3.